The maximum atomic E-state index is 11.5. The van der Waals surface area contributed by atoms with E-state index in [4.69, 9.17) is 14.5 Å². The second-order valence-electron chi connectivity index (χ2n) is 9.82. The topological polar surface area (TPSA) is 96.0 Å². The minimum Gasteiger partial charge on any atom is -0.488 e. The van der Waals surface area contributed by atoms with Crippen molar-refractivity contribution in [1.29, 1.82) is 0 Å². The number of piperidine rings is 1. The highest BCUT2D eigenvalue weighted by Gasteiger charge is 2.34. The fourth-order valence-electron chi connectivity index (χ4n) is 4.59. The number of aliphatic hydroxyl groups excluding tert-OH is 1. The summed E-state index contributed by atoms with van der Waals surface area (Å²) in [4.78, 5) is 18.6. The van der Waals surface area contributed by atoms with Gasteiger partial charge in [0.05, 0.1) is 24.3 Å². The Hall–Kier alpha value is -2.98. The number of aliphatic hydroxyl groups is 1. The number of benzene rings is 2. The molecule has 1 saturated heterocycles. The maximum Gasteiger partial charge on any atom is 0.185 e. The van der Waals surface area contributed by atoms with Crippen LogP contribution in [0.3, 0.4) is 0 Å². The van der Waals surface area contributed by atoms with E-state index in [1.165, 1.54) is 11.1 Å². The highest BCUT2D eigenvalue weighted by atomic mass is 32.1. The summed E-state index contributed by atoms with van der Waals surface area (Å²) in [6, 6.07) is 12.5. The molecule has 1 aliphatic rings. The van der Waals surface area contributed by atoms with Gasteiger partial charge in [-0.2, -0.15) is 0 Å². The molecule has 2 heterocycles. The Bertz CT molecular complexity index is 1210. The Morgan fingerprint density at radius 1 is 1.21 bits per heavy atom. The lowest BCUT2D eigenvalue weighted by Crippen LogP contribution is -2.43. The first-order valence-corrected chi connectivity index (χ1v) is 13.9. The summed E-state index contributed by atoms with van der Waals surface area (Å²) in [5.41, 5.74) is 5.74. The van der Waals surface area contributed by atoms with Gasteiger partial charge in [-0.05, 0) is 54.7 Å². The summed E-state index contributed by atoms with van der Waals surface area (Å²) in [5.74, 6) is 0.782. The number of nitrogens with one attached hydrogen (secondary N) is 2. The third kappa shape index (κ3) is 6.71. The normalized spacial score (nSPS) is 14.9. The van der Waals surface area contributed by atoms with Gasteiger partial charge in [-0.25, -0.2) is 4.98 Å². The Kier molecular flexibility index (Phi) is 9.74. The van der Waals surface area contributed by atoms with Crippen LogP contribution >= 0.6 is 11.3 Å². The lowest BCUT2D eigenvalue weighted by atomic mass is 9.81. The van der Waals surface area contributed by atoms with Crippen LogP contribution in [0.4, 0.5) is 10.8 Å². The highest BCUT2D eigenvalue weighted by molar-refractivity contribution is 7.14. The molecule has 0 unspecified atom stereocenters. The van der Waals surface area contributed by atoms with E-state index < -0.39 is 5.41 Å². The molecule has 0 radical (unpaired) electrons. The predicted molar refractivity (Wildman–Crippen MR) is 153 cm³/mol. The van der Waals surface area contributed by atoms with Crippen LogP contribution in [0.5, 0.6) is 5.75 Å². The molecule has 38 heavy (non-hydrogen) atoms. The molecule has 204 valence electrons. The van der Waals surface area contributed by atoms with Crippen LogP contribution in [0.25, 0.3) is 11.3 Å². The average molecular weight is 539 g/mol. The third-order valence-electron chi connectivity index (χ3n) is 7.23. The van der Waals surface area contributed by atoms with E-state index in [1.807, 2.05) is 19.2 Å². The van der Waals surface area contributed by atoms with Gasteiger partial charge < -0.3 is 34.9 Å². The number of aromatic nitrogens is 1. The molecule has 0 atom stereocenters. The molecule has 0 saturated carbocycles. The van der Waals surface area contributed by atoms with Crippen LogP contribution in [0.15, 0.2) is 41.8 Å². The second-order valence-corrected chi connectivity index (χ2v) is 10.7. The molecule has 0 spiro atoms. The fraction of sp³-hybridized carbons (Fsp3) is 0.448. The molecule has 3 aromatic rings. The van der Waals surface area contributed by atoms with Gasteiger partial charge in [0, 0.05) is 57.0 Å². The number of hydrogen-bond donors (Lipinski definition) is 3. The molecule has 0 bridgehead atoms. The zero-order valence-corrected chi connectivity index (χ0v) is 23.3. The van der Waals surface area contributed by atoms with Crippen molar-refractivity contribution in [3.63, 3.8) is 0 Å². The number of carbonyl (C=O) groups excluding carboxylic acids is 1. The molecule has 1 aromatic heterocycles. The van der Waals surface area contributed by atoms with Crippen molar-refractivity contribution in [2.75, 3.05) is 57.2 Å². The lowest BCUT2D eigenvalue weighted by molar-refractivity contribution is -0.119. The minimum atomic E-state index is -0.615. The van der Waals surface area contributed by atoms with E-state index in [9.17, 15) is 9.90 Å². The van der Waals surface area contributed by atoms with Gasteiger partial charge in [0.25, 0.3) is 0 Å². The van der Waals surface area contributed by atoms with Gasteiger partial charge >= 0.3 is 0 Å². The minimum absolute atomic E-state index is 0.0988. The van der Waals surface area contributed by atoms with Crippen molar-refractivity contribution < 1.29 is 19.4 Å². The van der Waals surface area contributed by atoms with Crippen LogP contribution in [0, 0.1) is 12.3 Å². The lowest BCUT2D eigenvalue weighted by Gasteiger charge is -2.36. The SMILES string of the molecule is CNc1ccc(OCc2ccc(CNCCOC)cc2C)c(-c2csc(N3CCC(C=O)(CO)CC3)n2)c1. The van der Waals surface area contributed by atoms with Gasteiger partial charge in [-0.1, -0.05) is 18.2 Å². The summed E-state index contributed by atoms with van der Waals surface area (Å²) >= 11 is 1.59. The van der Waals surface area contributed by atoms with E-state index in [-0.39, 0.29) is 6.61 Å². The Labute approximate surface area is 229 Å². The van der Waals surface area contributed by atoms with Gasteiger partial charge in [0.1, 0.15) is 18.6 Å². The number of carbonyl (C=O) groups is 1. The molecule has 0 aliphatic carbocycles. The van der Waals surface area contributed by atoms with Crippen LogP contribution in [-0.2, 0) is 22.7 Å². The molecule has 2 aromatic carbocycles. The van der Waals surface area contributed by atoms with Crippen molar-refractivity contribution in [3.8, 4) is 17.0 Å². The zero-order valence-electron chi connectivity index (χ0n) is 22.5. The van der Waals surface area contributed by atoms with Crippen LogP contribution < -0.4 is 20.3 Å². The van der Waals surface area contributed by atoms with Gasteiger partial charge in [-0.3, -0.25) is 0 Å². The van der Waals surface area contributed by atoms with E-state index in [0.29, 0.717) is 39.1 Å². The number of hydrogen-bond acceptors (Lipinski definition) is 9. The molecular formula is C29H38N4O4S. The smallest absolute Gasteiger partial charge is 0.185 e. The average Bonchev–Trinajstić information content (AvgIpc) is 3.45. The number of thiazole rings is 1. The first kappa shape index (κ1) is 28.0. The van der Waals surface area contributed by atoms with Crippen molar-refractivity contribution in [2.45, 2.75) is 32.9 Å². The summed E-state index contributed by atoms with van der Waals surface area (Å²) in [6.07, 6.45) is 2.18. The van der Waals surface area contributed by atoms with Crippen molar-refractivity contribution in [3.05, 3.63) is 58.5 Å². The van der Waals surface area contributed by atoms with Crippen LogP contribution in [0.2, 0.25) is 0 Å². The van der Waals surface area contributed by atoms with E-state index in [0.717, 1.165) is 52.8 Å². The summed E-state index contributed by atoms with van der Waals surface area (Å²) < 4.78 is 11.4. The number of ether oxygens (including phenoxy) is 2. The largest absolute Gasteiger partial charge is 0.488 e. The Morgan fingerprint density at radius 3 is 2.71 bits per heavy atom. The number of aryl methyl sites for hydroxylation is 1. The summed E-state index contributed by atoms with van der Waals surface area (Å²) in [6.45, 7) is 6.20. The second kappa shape index (κ2) is 13.2. The molecular weight excluding hydrogens is 500 g/mol. The number of nitrogens with zero attached hydrogens (tertiary/aromatic N) is 2. The molecule has 0 amide bonds. The standard InChI is InChI=1S/C29H38N4O4S/c1-21-14-22(16-31-10-13-36-3)4-5-23(21)17-37-27-7-6-24(30-2)15-25(27)26-18-38-28(32-26)33-11-8-29(19-34,20-35)9-12-33/h4-7,14-15,18-19,30-31,35H,8-13,16-17,20H2,1-3H3. The molecule has 8 nitrogen and oxygen atoms in total. The number of methoxy groups -OCH3 is 1. The molecule has 4 rings (SSSR count). The highest BCUT2D eigenvalue weighted by Crippen LogP contribution is 2.38. The first-order chi connectivity index (χ1) is 18.5. The number of aldehydes is 1. The summed E-state index contributed by atoms with van der Waals surface area (Å²) in [5, 5.41) is 19.2. The van der Waals surface area contributed by atoms with Gasteiger partial charge in [0.15, 0.2) is 5.13 Å². The van der Waals surface area contributed by atoms with Crippen molar-refractivity contribution in [1.82, 2.24) is 10.3 Å². The number of anilines is 2. The quantitative estimate of drug-likeness (QED) is 0.220. The molecule has 1 aliphatic heterocycles. The van der Waals surface area contributed by atoms with Crippen molar-refractivity contribution in [2.24, 2.45) is 5.41 Å². The number of rotatable bonds is 13. The van der Waals surface area contributed by atoms with Crippen molar-refractivity contribution >= 4 is 28.4 Å². The van der Waals surface area contributed by atoms with Crippen LogP contribution in [0.1, 0.15) is 29.5 Å². The van der Waals surface area contributed by atoms with Gasteiger partial charge in [-0.15, -0.1) is 11.3 Å². The van der Waals surface area contributed by atoms with E-state index in [1.54, 1.807) is 18.4 Å². The first-order valence-electron chi connectivity index (χ1n) is 13.0. The third-order valence-corrected chi connectivity index (χ3v) is 8.13. The van der Waals surface area contributed by atoms with Gasteiger partial charge in [0.2, 0.25) is 0 Å². The molecule has 1 fully saturated rings. The Balaban J connectivity index is 1.46. The maximum absolute atomic E-state index is 11.5. The fourth-order valence-corrected chi connectivity index (χ4v) is 5.47. The molecule has 9 heteroatoms. The predicted octanol–water partition coefficient (Wildman–Crippen LogP) is 4.25. The Morgan fingerprint density at radius 2 is 2.03 bits per heavy atom. The van der Waals surface area contributed by atoms with E-state index in [2.05, 4.69) is 52.1 Å². The van der Waals surface area contributed by atoms with Crippen LogP contribution in [-0.4, -0.2) is 63.4 Å². The zero-order chi connectivity index (χ0) is 27.0. The monoisotopic (exact) mass is 538 g/mol. The van der Waals surface area contributed by atoms with E-state index >= 15 is 0 Å². The molecule has 3 N–H and O–H groups in total. The summed E-state index contributed by atoms with van der Waals surface area (Å²) in [7, 11) is 3.61.